The highest BCUT2D eigenvalue weighted by Gasteiger charge is 2.15. The normalized spacial score (nSPS) is 10.6. The van der Waals surface area contributed by atoms with Gasteiger partial charge >= 0.3 is 6.61 Å². The van der Waals surface area contributed by atoms with Crippen molar-refractivity contribution in [3.63, 3.8) is 0 Å². The molecule has 0 atom stereocenters. The fourth-order valence-corrected chi connectivity index (χ4v) is 2.99. The SMILES string of the molecule is O=C(NCc1sccc1Br)c1ccccc1OC(F)F. The molecule has 1 aromatic heterocycles. The molecule has 1 aromatic carbocycles. The first kappa shape index (κ1) is 14.9. The number of benzene rings is 1. The zero-order chi connectivity index (χ0) is 14.5. The van der Waals surface area contributed by atoms with E-state index in [0.717, 1.165) is 9.35 Å². The summed E-state index contributed by atoms with van der Waals surface area (Å²) in [6, 6.07) is 7.78. The second-order valence-corrected chi connectivity index (χ2v) is 5.60. The number of para-hydroxylation sites is 1. The molecule has 1 heterocycles. The van der Waals surface area contributed by atoms with Gasteiger partial charge in [0, 0.05) is 9.35 Å². The van der Waals surface area contributed by atoms with E-state index in [4.69, 9.17) is 0 Å². The molecule has 20 heavy (non-hydrogen) atoms. The summed E-state index contributed by atoms with van der Waals surface area (Å²) >= 11 is 4.84. The van der Waals surface area contributed by atoms with E-state index in [1.807, 2.05) is 11.4 Å². The van der Waals surface area contributed by atoms with Crippen molar-refractivity contribution >= 4 is 33.2 Å². The predicted octanol–water partition coefficient (Wildman–Crippen LogP) is 4.04. The summed E-state index contributed by atoms with van der Waals surface area (Å²) in [6.45, 7) is -2.64. The molecule has 0 unspecified atom stereocenters. The second-order valence-electron chi connectivity index (χ2n) is 3.75. The maximum absolute atomic E-state index is 12.3. The lowest BCUT2D eigenvalue weighted by atomic mass is 10.2. The second kappa shape index (κ2) is 6.81. The van der Waals surface area contributed by atoms with Gasteiger partial charge in [0.1, 0.15) is 5.75 Å². The Morgan fingerprint density at radius 1 is 1.35 bits per heavy atom. The van der Waals surface area contributed by atoms with Gasteiger partial charge in [-0.1, -0.05) is 12.1 Å². The van der Waals surface area contributed by atoms with Crippen molar-refractivity contribution in [3.8, 4) is 5.75 Å². The van der Waals surface area contributed by atoms with Crippen molar-refractivity contribution in [2.45, 2.75) is 13.2 Å². The molecule has 2 aromatic rings. The first-order valence-corrected chi connectivity index (χ1v) is 7.29. The van der Waals surface area contributed by atoms with Crippen LogP contribution in [-0.2, 0) is 6.54 Å². The van der Waals surface area contributed by atoms with Gasteiger partial charge in [0.15, 0.2) is 0 Å². The molecule has 0 spiro atoms. The fourth-order valence-electron chi connectivity index (χ4n) is 1.56. The molecule has 7 heteroatoms. The van der Waals surface area contributed by atoms with Gasteiger partial charge in [0.05, 0.1) is 12.1 Å². The number of alkyl halides is 2. The van der Waals surface area contributed by atoms with Gasteiger partial charge in [-0.05, 0) is 39.5 Å². The van der Waals surface area contributed by atoms with E-state index in [0.29, 0.717) is 6.54 Å². The van der Waals surface area contributed by atoms with Crippen molar-refractivity contribution in [2.75, 3.05) is 0 Å². The van der Waals surface area contributed by atoms with E-state index < -0.39 is 12.5 Å². The van der Waals surface area contributed by atoms with Crippen LogP contribution >= 0.6 is 27.3 Å². The number of halogens is 3. The molecule has 0 fully saturated rings. The molecule has 0 bridgehead atoms. The Kier molecular flexibility index (Phi) is 5.08. The summed E-state index contributed by atoms with van der Waals surface area (Å²) in [6.07, 6.45) is 0. The standard InChI is InChI=1S/C13H10BrF2NO2S/c14-9-5-6-20-11(9)7-17-12(18)8-3-1-2-4-10(8)19-13(15)16/h1-6,13H,7H2,(H,17,18). The number of ether oxygens (including phenoxy) is 1. The van der Waals surface area contributed by atoms with Gasteiger partial charge in [0.2, 0.25) is 0 Å². The molecule has 3 nitrogen and oxygen atoms in total. The van der Waals surface area contributed by atoms with Crippen molar-refractivity contribution in [2.24, 2.45) is 0 Å². The van der Waals surface area contributed by atoms with E-state index >= 15 is 0 Å². The van der Waals surface area contributed by atoms with Gasteiger partial charge < -0.3 is 10.1 Å². The van der Waals surface area contributed by atoms with Crippen LogP contribution in [0.3, 0.4) is 0 Å². The third-order valence-corrected chi connectivity index (χ3v) is 4.37. The molecule has 2 rings (SSSR count). The van der Waals surface area contributed by atoms with Crippen LogP contribution in [-0.4, -0.2) is 12.5 Å². The lowest BCUT2D eigenvalue weighted by Gasteiger charge is -2.10. The number of rotatable bonds is 5. The van der Waals surface area contributed by atoms with Crippen LogP contribution in [0, 0.1) is 0 Å². The molecular weight excluding hydrogens is 352 g/mol. The number of thiophene rings is 1. The lowest BCUT2D eigenvalue weighted by Crippen LogP contribution is -2.23. The monoisotopic (exact) mass is 361 g/mol. The van der Waals surface area contributed by atoms with Crippen LogP contribution in [0.5, 0.6) is 5.75 Å². The van der Waals surface area contributed by atoms with Crippen LogP contribution in [0.1, 0.15) is 15.2 Å². The van der Waals surface area contributed by atoms with Crippen LogP contribution < -0.4 is 10.1 Å². The molecule has 0 saturated heterocycles. The summed E-state index contributed by atoms with van der Waals surface area (Å²) in [5.74, 6) is -0.591. The lowest BCUT2D eigenvalue weighted by molar-refractivity contribution is -0.0501. The van der Waals surface area contributed by atoms with Crippen LogP contribution in [0.4, 0.5) is 8.78 Å². The van der Waals surface area contributed by atoms with Crippen LogP contribution in [0.25, 0.3) is 0 Å². The Bertz CT molecular complexity index is 604. The molecule has 1 N–H and O–H groups in total. The quantitative estimate of drug-likeness (QED) is 0.872. The smallest absolute Gasteiger partial charge is 0.387 e. The number of carbonyl (C=O) groups excluding carboxylic acids is 1. The molecular formula is C13H10BrF2NO2S. The maximum Gasteiger partial charge on any atom is 0.387 e. The van der Waals surface area contributed by atoms with Gasteiger partial charge in [-0.15, -0.1) is 11.3 Å². The molecule has 0 radical (unpaired) electrons. The average Bonchev–Trinajstić information content (AvgIpc) is 2.81. The number of hydrogen-bond donors (Lipinski definition) is 1. The van der Waals surface area contributed by atoms with Gasteiger partial charge in [-0.2, -0.15) is 8.78 Å². The molecule has 0 aliphatic heterocycles. The minimum Gasteiger partial charge on any atom is -0.434 e. The largest absolute Gasteiger partial charge is 0.434 e. The Hall–Kier alpha value is -1.47. The fraction of sp³-hybridized carbons (Fsp3) is 0.154. The third-order valence-electron chi connectivity index (χ3n) is 2.45. The molecule has 0 aliphatic carbocycles. The van der Waals surface area contributed by atoms with Crippen molar-refractivity contribution in [1.82, 2.24) is 5.32 Å². The Morgan fingerprint density at radius 3 is 2.75 bits per heavy atom. The Morgan fingerprint density at radius 2 is 2.10 bits per heavy atom. The van der Waals surface area contributed by atoms with Crippen LogP contribution in [0.2, 0.25) is 0 Å². The highest BCUT2D eigenvalue weighted by atomic mass is 79.9. The first-order valence-electron chi connectivity index (χ1n) is 5.62. The average molecular weight is 362 g/mol. The Labute approximate surface area is 126 Å². The highest BCUT2D eigenvalue weighted by Crippen LogP contribution is 2.23. The third kappa shape index (κ3) is 3.77. The van der Waals surface area contributed by atoms with Crippen molar-refractivity contribution in [1.29, 1.82) is 0 Å². The molecule has 1 amide bonds. The maximum atomic E-state index is 12.3. The zero-order valence-electron chi connectivity index (χ0n) is 10.1. The molecule has 0 aliphatic rings. The summed E-state index contributed by atoms with van der Waals surface area (Å²) in [4.78, 5) is 13.0. The van der Waals surface area contributed by atoms with Crippen molar-refractivity contribution in [3.05, 3.63) is 50.6 Å². The van der Waals surface area contributed by atoms with E-state index in [1.165, 1.54) is 29.5 Å². The number of hydrogen-bond acceptors (Lipinski definition) is 3. The summed E-state index contributed by atoms with van der Waals surface area (Å²) in [7, 11) is 0. The minimum atomic E-state index is -2.96. The highest BCUT2D eigenvalue weighted by molar-refractivity contribution is 9.10. The summed E-state index contributed by atoms with van der Waals surface area (Å²) in [5.41, 5.74) is 0.0838. The van der Waals surface area contributed by atoms with E-state index in [1.54, 1.807) is 6.07 Å². The zero-order valence-corrected chi connectivity index (χ0v) is 12.5. The topological polar surface area (TPSA) is 38.3 Å². The van der Waals surface area contributed by atoms with Gasteiger partial charge in [-0.25, -0.2) is 0 Å². The van der Waals surface area contributed by atoms with Crippen LogP contribution in [0.15, 0.2) is 40.2 Å². The van der Waals surface area contributed by atoms with Gasteiger partial charge in [0.25, 0.3) is 5.91 Å². The molecule has 0 saturated carbocycles. The van der Waals surface area contributed by atoms with E-state index in [9.17, 15) is 13.6 Å². The van der Waals surface area contributed by atoms with E-state index in [-0.39, 0.29) is 11.3 Å². The van der Waals surface area contributed by atoms with E-state index in [2.05, 4.69) is 26.0 Å². The minimum absolute atomic E-state index is 0.0838. The number of nitrogens with one attached hydrogen (secondary N) is 1. The number of amides is 1. The first-order chi connectivity index (χ1) is 9.58. The Balaban J connectivity index is 2.07. The number of carbonyl (C=O) groups is 1. The summed E-state index contributed by atoms with van der Waals surface area (Å²) < 4.78 is 29.8. The summed E-state index contributed by atoms with van der Waals surface area (Å²) in [5, 5.41) is 4.56. The van der Waals surface area contributed by atoms with Gasteiger partial charge in [-0.3, -0.25) is 4.79 Å². The predicted molar refractivity (Wildman–Crippen MR) is 76.3 cm³/mol. The molecule has 106 valence electrons. The van der Waals surface area contributed by atoms with Crippen molar-refractivity contribution < 1.29 is 18.3 Å².